The SMILES string of the molecule is Clc1nc2ccccc2nc1-c1ccc2c(c1)c1ccccc1n2-c1ccccc1. The van der Waals surface area contributed by atoms with Crippen molar-refractivity contribution in [1.29, 1.82) is 0 Å². The maximum absolute atomic E-state index is 6.53. The van der Waals surface area contributed by atoms with E-state index < -0.39 is 0 Å². The number of hydrogen-bond acceptors (Lipinski definition) is 2. The van der Waals surface area contributed by atoms with Crippen molar-refractivity contribution in [3.8, 4) is 16.9 Å². The third kappa shape index (κ3) is 2.60. The molecule has 0 saturated heterocycles. The van der Waals surface area contributed by atoms with Gasteiger partial charge in [0.1, 0.15) is 5.69 Å². The summed E-state index contributed by atoms with van der Waals surface area (Å²) >= 11 is 6.53. The smallest absolute Gasteiger partial charge is 0.156 e. The first-order valence-corrected chi connectivity index (χ1v) is 10.2. The van der Waals surface area contributed by atoms with E-state index in [2.05, 4.69) is 76.3 Å². The van der Waals surface area contributed by atoms with Gasteiger partial charge in [-0.2, -0.15) is 0 Å². The fourth-order valence-corrected chi connectivity index (χ4v) is 4.38. The molecule has 0 unspecified atom stereocenters. The van der Waals surface area contributed by atoms with Crippen molar-refractivity contribution in [3.63, 3.8) is 0 Å². The van der Waals surface area contributed by atoms with Gasteiger partial charge >= 0.3 is 0 Å². The predicted octanol–water partition coefficient (Wildman–Crippen LogP) is 7.05. The summed E-state index contributed by atoms with van der Waals surface area (Å²) in [6.07, 6.45) is 0. The zero-order valence-electron chi connectivity index (χ0n) is 16.0. The molecule has 142 valence electrons. The van der Waals surface area contributed by atoms with Gasteiger partial charge in [0.05, 0.1) is 22.1 Å². The van der Waals surface area contributed by atoms with Crippen LogP contribution in [0.2, 0.25) is 5.15 Å². The molecule has 0 spiro atoms. The Morgan fingerprint density at radius 1 is 0.600 bits per heavy atom. The fourth-order valence-electron chi connectivity index (χ4n) is 4.14. The van der Waals surface area contributed by atoms with Gasteiger partial charge in [-0.05, 0) is 42.5 Å². The molecule has 0 aliphatic carbocycles. The van der Waals surface area contributed by atoms with Gasteiger partial charge in [0.25, 0.3) is 0 Å². The molecule has 0 radical (unpaired) electrons. The Hall–Kier alpha value is -3.69. The lowest BCUT2D eigenvalue weighted by Gasteiger charge is -2.08. The van der Waals surface area contributed by atoms with Crippen LogP contribution in [0, 0.1) is 0 Å². The molecule has 0 fully saturated rings. The van der Waals surface area contributed by atoms with E-state index in [1.165, 1.54) is 10.9 Å². The molecule has 4 heteroatoms. The molecule has 0 bridgehead atoms. The van der Waals surface area contributed by atoms with Crippen LogP contribution in [0.1, 0.15) is 0 Å². The van der Waals surface area contributed by atoms with Gasteiger partial charge in [-0.25, -0.2) is 9.97 Å². The van der Waals surface area contributed by atoms with E-state index >= 15 is 0 Å². The number of rotatable bonds is 2. The summed E-state index contributed by atoms with van der Waals surface area (Å²) < 4.78 is 2.29. The summed E-state index contributed by atoms with van der Waals surface area (Å²) in [7, 11) is 0. The number of benzene rings is 4. The van der Waals surface area contributed by atoms with Crippen LogP contribution >= 0.6 is 11.6 Å². The standard InChI is InChI=1S/C26H16ClN3/c27-26-25(28-21-11-5-6-12-22(21)29-26)17-14-15-24-20(16-17)19-10-4-7-13-23(19)30(24)18-8-2-1-3-9-18/h1-16H. The Kier molecular flexibility index (Phi) is 3.83. The topological polar surface area (TPSA) is 30.7 Å². The van der Waals surface area contributed by atoms with Gasteiger partial charge in [-0.1, -0.05) is 66.2 Å². The van der Waals surface area contributed by atoms with Crippen LogP contribution in [-0.2, 0) is 0 Å². The Labute approximate surface area is 178 Å². The van der Waals surface area contributed by atoms with E-state index in [4.69, 9.17) is 16.6 Å². The third-order valence-electron chi connectivity index (χ3n) is 5.49. The lowest BCUT2D eigenvalue weighted by molar-refractivity contribution is 1.18. The highest BCUT2D eigenvalue weighted by Crippen LogP contribution is 2.36. The largest absolute Gasteiger partial charge is 0.309 e. The first kappa shape index (κ1) is 17.2. The first-order chi connectivity index (χ1) is 14.8. The van der Waals surface area contributed by atoms with Crippen LogP contribution in [0.3, 0.4) is 0 Å². The van der Waals surface area contributed by atoms with E-state index in [-0.39, 0.29) is 0 Å². The highest BCUT2D eigenvalue weighted by Gasteiger charge is 2.15. The van der Waals surface area contributed by atoms with E-state index in [1.54, 1.807) is 0 Å². The summed E-state index contributed by atoms with van der Waals surface area (Å²) in [5, 5.41) is 2.78. The summed E-state index contributed by atoms with van der Waals surface area (Å²) in [6, 6.07) is 33.1. The Morgan fingerprint density at radius 3 is 2.10 bits per heavy atom. The van der Waals surface area contributed by atoms with Crippen molar-refractivity contribution in [2.45, 2.75) is 0 Å². The zero-order chi connectivity index (χ0) is 20.1. The maximum Gasteiger partial charge on any atom is 0.156 e. The van der Waals surface area contributed by atoms with Crippen LogP contribution in [0.5, 0.6) is 0 Å². The van der Waals surface area contributed by atoms with Crippen molar-refractivity contribution in [2.24, 2.45) is 0 Å². The molecule has 0 amide bonds. The van der Waals surface area contributed by atoms with Gasteiger partial charge in [0.2, 0.25) is 0 Å². The summed E-state index contributed by atoms with van der Waals surface area (Å²) in [5.41, 5.74) is 6.76. The summed E-state index contributed by atoms with van der Waals surface area (Å²) in [4.78, 5) is 9.34. The Balaban J connectivity index is 1.65. The van der Waals surface area contributed by atoms with E-state index in [0.29, 0.717) is 10.8 Å². The van der Waals surface area contributed by atoms with E-state index in [1.807, 2.05) is 30.3 Å². The number of halogens is 1. The molecule has 0 aliphatic heterocycles. The summed E-state index contributed by atoms with van der Waals surface area (Å²) in [6.45, 7) is 0. The molecule has 0 atom stereocenters. The minimum absolute atomic E-state index is 0.417. The van der Waals surface area contributed by atoms with Crippen LogP contribution in [0.4, 0.5) is 0 Å². The lowest BCUT2D eigenvalue weighted by Crippen LogP contribution is -1.93. The highest BCUT2D eigenvalue weighted by atomic mass is 35.5. The minimum atomic E-state index is 0.417. The molecular weight excluding hydrogens is 390 g/mol. The van der Waals surface area contributed by atoms with E-state index in [0.717, 1.165) is 33.2 Å². The van der Waals surface area contributed by atoms with Crippen LogP contribution in [-0.4, -0.2) is 14.5 Å². The maximum atomic E-state index is 6.53. The van der Waals surface area contributed by atoms with Gasteiger partial charge in [0, 0.05) is 22.0 Å². The van der Waals surface area contributed by atoms with E-state index in [9.17, 15) is 0 Å². The molecule has 2 heterocycles. The number of aromatic nitrogens is 3. The molecular formula is C26H16ClN3. The predicted molar refractivity (Wildman–Crippen MR) is 124 cm³/mol. The van der Waals surface area contributed by atoms with Crippen LogP contribution < -0.4 is 0 Å². The Morgan fingerprint density at radius 2 is 1.27 bits per heavy atom. The summed E-state index contributed by atoms with van der Waals surface area (Å²) in [5.74, 6) is 0. The lowest BCUT2D eigenvalue weighted by atomic mass is 10.1. The monoisotopic (exact) mass is 405 g/mol. The first-order valence-electron chi connectivity index (χ1n) is 9.81. The van der Waals surface area contributed by atoms with Crippen molar-refractivity contribution < 1.29 is 0 Å². The zero-order valence-corrected chi connectivity index (χ0v) is 16.7. The van der Waals surface area contributed by atoms with Gasteiger partial charge < -0.3 is 4.57 Å². The molecule has 3 nitrogen and oxygen atoms in total. The third-order valence-corrected chi connectivity index (χ3v) is 5.75. The Bertz CT molecular complexity index is 1550. The number of para-hydroxylation sites is 4. The molecule has 0 saturated carbocycles. The number of fused-ring (bicyclic) bond motifs is 4. The van der Waals surface area contributed by atoms with Gasteiger partial charge in [0.15, 0.2) is 5.15 Å². The average molecular weight is 406 g/mol. The fraction of sp³-hybridized carbons (Fsp3) is 0. The number of nitrogens with zero attached hydrogens (tertiary/aromatic N) is 3. The molecule has 0 aliphatic rings. The second-order valence-corrected chi connectivity index (χ2v) is 7.63. The molecule has 6 rings (SSSR count). The molecule has 30 heavy (non-hydrogen) atoms. The average Bonchev–Trinajstić information content (AvgIpc) is 3.13. The normalized spacial score (nSPS) is 11.5. The van der Waals surface area contributed by atoms with Crippen molar-refractivity contribution in [3.05, 3.63) is 102 Å². The van der Waals surface area contributed by atoms with Crippen molar-refractivity contribution in [2.75, 3.05) is 0 Å². The molecule has 0 N–H and O–H groups in total. The molecule has 2 aromatic heterocycles. The number of hydrogen-bond donors (Lipinski definition) is 0. The molecule has 6 aromatic rings. The van der Waals surface area contributed by atoms with Gasteiger partial charge in [-0.3, -0.25) is 0 Å². The second kappa shape index (κ2) is 6.68. The van der Waals surface area contributed by atoms with Crippen molar-refractivity contribution in [1.82, 2.24) is 14.5 Å². The van der Waals surface area contributed by atoms with Crippen molar-refractivity contribution >= 4 is 44.4 Å². The minimum Gasteiger partial charge on any atom is -0.309 e. The molecule has 4 aromatic carbocycles. The highest BCUT2D eigenvalue weighted by molar-refractivity contribution is 6.32. The second-order valence-electron chi connectivity index (χ2n) is 7.27. The van der Waals surface area contributed by atoms with Crippen LogP contribution in [0.25, 0.3) is 49.8 Å². The van der Waals surface area contributed by atoms with Gasteiger partial charge in [-0.15, -0.1) is 0 Å². The van der Waals surface area contributed by atoms with Crippen LogP contribution in [0.15, 0.2) is 97.1 Å². The quantitative estimate of drug-likeness (QED) is 0.309.